The van der Waals surface area contributed by atoms with Gasteiger partial charge >= 0.3 is 0 Å². The van der Waals surface area contributed by atoms with E-state index in [0.717, 1.165) is 0 Å². The summed E-state index contributed by atoms with van der Waals surface area (Å²) in [5.41, 5.74) is -0.678. The molecule has 4 heteroatoms. The number of carbonyl (C=O) groups excluding carboxylic acids is 1. The Kier molecular flexibility index (Phi) is 4.31. The highest BCUT2D eigenvalue weighted by atomic mass is 32.1. The molecule has 3 nitrogen and oxygen atoms in total. The fourth-order valence-corrected chi connectivity index (χ4v) is 0.984. The minimum atomic E-state index is -0.480. The fraction of sp³-hybridized carbons (Fsp3) is 0.900. The number of carbonyl (C=O) groups is 1. The standard InChI is InChI=1S/C10H20N2OS/c1-7(8(13)14)10(5,6)12-11-9(2,3)4/h7H,1-6H3,(H,13,14)/t7-/m1/s1. The van der Waals surface area contributed by atoms with E-state index in [1.54, 1.807) is 0 Å². The molecule has 0 aliphatic carbocycles. The summed E-state index contributed by atoms with van der Waals surface area (Å²) in [6.45, 7) is 11.5. The summed E-state index contributed by atoms with van der Waals surface area (Å²) >= 11 is 3.81. The van der Waals surface area contributed by atoms with Gasteiger partial charge in [0.2, 0.25) is 0 Å². The molecule has 0 saturated carbocycles. The zero-order chi connectivity index (χ0) is 11.6. The first kappa shape index (κ1) is 13.6. The van der Waals surface area contributed by atoms with Crippen LogP contribution in [-0.2, 0) is 4.79 Å². The van der Waals surface area contributed by atoms with Gasteiger partial charge in [0.15, 0.2) is 5.12 Å². The monoisotopic (exact) mass is 216 g/mol. The van der Waals surface area contributed by atoms with Crippen molar-refractivity contribution >= 4 is 17.7 Å². The number of rotatable bonds is 3. The van der Waals surface area contributed by atoms with Crippen LogP contribution in [0.5, 0.6) is 0 Å². The second kappa shape index (κ2) is 4.43. The molecule has 0 aliphatic heterocycles. The topological polar surface area (TPSA) is 41.8 Å². The number of hydrogen-bond donors (Lipinski definition) is 1. The van der Waals surface area contributed by atoms with Crippen LogP contribution >= 0.6 is 12.6 Å². The zero-order valence-electron chi connectivity index (χ0n) is 9.83. The van der Waals surface area contributed by atoms with Crippen molar-refractivity contribution in [2.24, 2.45) is 16.1 Å². The van der Waals surface area contributed by atoms with Crippen molar-refractivity contribution in [3.8, 4) is 0 Å². The Labute approximate surface area is 91.8 Å². The van der Waals surface area contributed by atoms with Gasteiger partial charge in [-0.2, -0.15) is 10.2 Å². The predicted octanol–water partition coefficient (Wildman–Crippen LogP) is 3.11. The minimum Gasteiger partial charge on any atom is -0.287 e. The maximum Gasteiger partial charge on any atom is 0.191 e. The minimum absolute atomic E-state index is 0.150. The van der Waals surface area contributed by atoms with Gasteiger partial charge in [0.05, 0.1) is 17.0 Å². The van der Waals surface area contributed by atoms with Crippen LogP contribution in [0.15, 0.2) is 10.2 Å². The van der Waals surface area contributed by atoms with Crippen molar-refractivity contribution in [3.63, 3.8) is 0 Å². The molecule has 1 atom stereocenters. The van der Waals surface area contributed by atoms with E-state index >= 15 is 0 Å². The van der Waals surface area contributed by atoms with Crippen LogP contribution in [0, 0.1) is 5.92 Å². The van der Waals surface area contributed by atoms with E-state index in [1.807, 2.05) is 41.5 Å². The van der Waals surface area contributed by atoms with Crippen LogP contribution in [0.3, 0.4) is 0 Å². The quantitative estimate of drug-likeness (QED) is 0.571. The molecule has 0 bridgehead atoms. The third-order valence-corrected chi connectivity index (χ3v) is 2.43. The largest absolute Gasteiger partial charge is 0.287 e. The van der Waals surface area contributed by atoms with Crippen molar-refractivity contribution < 1.29 is 4.79 Å². The first-order valence-electron chi connectivity index (χ1n) is 4.73. The average Bonchev–Trinajstić information content (AvgIpc) is 1.98. The van der Waals surface area contributed by atoms with Crippen molar-refractivity contribution in [1.82, 2.24) is 0 Å². The Morgan fingerprint density at radius 1 is 1.14 bits per heavy atom. The fourth-order valence-electron chi connectivity index (χ4n) is 0.668. The summed E-state index contributed by atoms with van der Waals surface area (Å²) in [6.07, 6.45) is 0. The number of thiol groups is 1. The Morgan fingerprint density at radius 3 is 1.86 bits per heavy atom. The maximum atomic E-state index is 11.1. The lowest BCUT2D eigenvalue weighted by Gasteiger charge is -2.25. The smallest absolute Gasteiger partial charge is 0.191 e. The van der Waals surface area contributed by atoms with Gasteiger partial charge in [-0.15, -0.1) is 12.6 Å². The highest BCUT2D eigenvalue weighted by molar-refractivity contribution is 7.96. The molecule has 0 N–H and O–H groups in total. The third-order valence-electron chi connectivity index (χ3n) is 2.04. The van der Waals surface area contributed by atoms with Crippen molar-refractivity contribution in [2.75, 3.05) is 0 Å². The Hall–Kier alpha value is -0.380. The van der Waals surface area contributed by atoms with E-state index in [-0.39, 0.29) is 16.6 Å². The number of hydrogen-bond acceptors (Lipinski definition) is 3. The van der Waals surface area contributed by atoms with Crippen molar-refractivity contribution in [1.29, 1.82) is 0 Å². The number of azo groups is 1. The Morgan fingerprint density at radius 2 is 1.57 bits per heavy atom. The molecule has 0 aliphatic rings. The van der Waals surface area contributed by atoms with Crippen LogP contribution < -0.4 is 0 Å². The van der Waals surface area contributed by atoms with E-state index in [0.29, 0.717) is 0 Å². The van der Waals surface area contributed by atoms with Gasteiger partial charge in [0.1, 0.15) is 0 Å². The summed E-state index contributed by atoms with van der Waals surface area (Å²) in [4.78, 5) is 11.1. The first-order chi connectivity index (χ1) is 6.06. The van der Waals surface area contributed by atoms with Gasteiger partial charge in [0.25, 0.3) is 0 Å². The lowest BCUT2D eigenvalue weighted by atomic mass is 9.91. The van der Waals surface area contributed by atoms with Crippen molar-refractivity contribution in [2.45, 2.75) is 52.6 Å². The van der Waals surface area contributed by atoms with Gasteiger partial charge in [-0.1, -0.05) is 6.92 Å². The number of nitrogens with zero attached hydrogens (tertiary/aromatic N) is 2. The van der Waals surface area contributed by atoms with Crippen LogP contribution in [0.2, 0.25) is 0 Å². The summed E-state index contributed by atoms with van der Waals surface area (Å²) in [5.74, 6) is -0.225. The van der Waals surface area contributed by atoms with E-state index in [2.05, 4.69) is 22.9 Å². The zero-order valence-corrected chi connectivity index (χ0v) is 10.7. The molecule has 0 aromatic carbocycles. The van der Waals surface area contributed by atoms with Gasteiger partial charge in [0, 0.05) is 0 Å². The molecule has 0 aromatic heterocycles. The predicted molar refractivity (Wildman–Crippen MR) is 61.8 cm³/mol. The second-order valence-electron chi connectivity index (χ2n) is 5.08. The van der Waals surface area contributed by atoms with Crippen LogP contribution in [-0.4, -0.2) is 16.2 Å². The molecule has 82 valence electrons. The van der Waals surface area contributed by atoms with Crippen LogP contribution in [0.1, 0.15) is 41.5 Å². The first-order valence-corrected chi connectivity index (χ1v) is 5.18. The molecule has 0 saturated heterocycles. The van der Waals surface area contributed by atoms with E-state index < -0.39 is 5.54 Å². The van der Waals surface area contributed by atoms with Crippen LogP contribution in [0.25, 0.3) is 0 Å². The molecule has 0 fully saturated rings. The molecule has 0 unspecified atom stereocenters. The third kappa shape index (κ3) is 4.74. The van der Waals surface area contributed by atoms with Crippen molar-refractivity contribution in [3.05, 3.63) is 0 Å². The van der Waals surface area contributed by atoms with Gasteiger partial charge < -0.3 is 0 Å². The molecule has 0 aromatic rings. The Balaban J connectivity index is 4.64. The molecule has 0 amide bonds. The SMILES string of the molecule is C[C@H](C(=O)S)C(C)(C)N=NC(C)(C)C. The molecule has 0 radical (unpaired) electrons. The molecule has 0 spiro atoms. The van der Waals surface area contributed by atoms with E-state index in [9.17, 15) is 4.79 Å². The van der Waals surface area contributed by atoms with E-state index in [1.165, 1.54) is 0 Å². The van der Waals surface area contributed by atoms with E-state index in [4.69, 9.17) is 0 Å². The highest BCUT2D eigenvalue weighted by Crippen LogP contribution is 2.25. The second-order valence-corrected chi connectivity index (χ2v) is 5.53. The highest BCUT2D eigenvalue weighted by Gasteiger charge is 2.30. The molecule has 0 heterocycles. The van der Waals surface area contributed by atoms with Gasteiger partial charge in [-0.05, 0) is 34.6 Å². The average molecular weight is 216 g/mol. The summed E-state index contributed by atoms with van der Waals surface area (Å²) < 4.78 is 0. The molecule has 0 rings (SSSR count). The summed E-state index contributed by atoms with van der Waals surface area (Å²) in [5, 5.41) is 8.22. The summed E-state index contributed by atoms with van der Waals surface area (Å²) in [6, 6.07) is 0. The lowest BCUT2D eigenvalue weighted by molar-refractivity contribution is -0.115. The maximum absolute atomic E-state index is 11.1. The normalized spacial score (nSPS) is 15.9. The van der Waals surface area contributed by atoms with Crippen LogP contribution in [0.4, 0.5) is 0 Å². The lowest BCUT2D eigenvalue weighted by Crippen LogP contribution is -2.31. The summed E-state index contributed by atoms with van der Waals surface area (Å²) in [7, 11) is 0. The van der Waals surface area contributed by atoms with Gasteiger partial charge in [-0.25, -0.2) is 0 Å². The molecular weight excluding hydrogens is 196 g/mol. The molecule has 14 heavy (non-hydrogen) atoms. The van der Waals surface area contributed by atoms with Gasteiger partial charge in [-0.3, -0.25) is 4.79 Å². The molecular formula is C10H20N2OS. The Bertz CT molecular complexity index is 241.